The minimum absolute atomic E-state index is 0.270. The lowest BCUT2D eigenvalue weighted by atomic mass is 10.2. The van der Waals surface area contributed by atoms with E-state index in [-0.39, 0.29) is 5.91 Å². The summed E-state index contributed by atoms with van der Waals surface area (Å²) in [6.45, 7) is 0. The van der Waals surface area contributed by atoms with Crippen molar-refractivity contribution in [2.24, 2.45) is 0 Å². The summed E-state index contributed by atoms with van der Waals surface area (Å²) in [4.78, 5) is 23.5. The lowest BCUT2D eigenvalue weighted by Gasteiger charge is -2.05. The van der Waals surface area contributed by atoms with E-state index in [1.165, 1.54) is 18.4 Å². The van der Waals surface area contributed by atoms with Gasteiger partial charge >= 0.3 is 5.97 Å². The average molecular weight is 340 g/mol. The van der Waals surface area contributed by atoms with Crippen LogP contribution in [0.15, 0.2) is 40.2 Å². The quantitative estimate of drug-likeness (QED) is 0.870. The molecule has 0 spiro atoms. The molecule has 0 saturated heterocycles. The first-order valence-electron chi connectivity index (χ1n) is 5.34. The summed E-state index contributed by atoms with van der Waals surface area (Å²) >= 11 is 4.58. The number of carbonyl (C=O) groups excluding carboxylic acids is 2. The van der Waals surface area contributed by atoms with Crippen LogP contribution in [0.2, 0.25) is 0 Å². The Kier molecular flexibility index (Phi) is 4.34. The van der Waals surface area contributed by atoms with Crippen molar-refractivity contribution in [3.8, 4) is 0 Å². The van der Waals surface area contributed by atoms with E-state index in [2.05, 4.69) is 26.0 Å². The van der Waals surface area contributed by atoms with Gasteiger partial charge in [0.2, 0.25) is 0 Å². The molecule has 0 saturated carbocycles. The summed E-state index contributed by atoms with van der Waals surface area (Å²) in [5, 5.41) is 4.92. The summed E-state index contributed by atoms with van der Waals surface area (Å²) in [6, 6.07) is 8.63. The fourth-order valence-electron chi connectivity index (χ4n) is 1.48. The Balaban J connectivity index is 2.20. The molecule has 98 valence electrons. The van der Waals surface area contributed by atoms with E-state index < -0.39 is 5.97 Å². The molecule has 1 heterocycles. The second-order valence-electron chi connectivity index (χ2n) is 3.62. The zero-order chi connectivity index (χ0) is 13.8. The van der Waals surface area contributed by atoms with Crippen molar-refractivity contribution in [3.63, 3.8) is 0 Å². The highest BCUT2D eigenvalue weighted by atomic mass is 79.9. The molecule has 0 radical (unpaired) electrons. The van der Waals surface area contributed by atoms with Crippen LogP contribution in [0.3, 0.4) is 0 Å². The van der Waals surface area contributed by atoms with E-state index in [9.17, 15) is 9.59 Å². The summed E-state index contributed by atoms with van der Waals surface area (Å²) < 4.78 is 5.47. The number of hydrogen-bond donors (Lipinski definition) is 1. The van der Waals surface area contributed by atoms with E-state index in [1.54, 1.807) is 29.6 Å². The molecule has 2 aromatic rings. The van der Waals surface area contributed by atoms with Gasteiger partial charge in [0.25, 0.3) is 5.91 Å². The summed E-state index contributed by atoms with van der Waals surface area (Å²) in [5.41, 5.74) is 0.870. The first kappa shape index (κ1) is 13.8. The number of halogens is 1. The summed E-state index contributed by atoms with van der Waals surface area (Å²) in [5.74, 6) is -0.736. The highest BCUT2D eigenvalue weighted by Crippen LogP contribution is 2.24. The first-order chi connectivity index (χ1) is 9.11. The van der Waals surface area contributed by atoms with Gasteiger partial charge in [0, 0.05) is 10.0 Å². The van der Waals surface area contributed by atoms with Gasteiger partial charge in [-0.05, 0) is 29.6 Å². The Bertz CT molecular complexity index is 624. The molecule has 19 heavy (non-hydrogen) atoms. The SMILES string of the molecule is COC(=O)c1ccsc1NC(=O)c1cccc(Br)c1. The number of benzene rings is 1. The monoisotopic (exact) mass is 339 g/mol. The molecule has 1 amide bonds. The molecule has 1 aromatic carbocycles. The fourth-order valence-corrected chi connectivity index (χ4v) is 2.65. The summed E-state index contributed by atoms with van der Waals surface area (Å²) in [6.07, 6.45) is 0. The minimum Gasteiger partial charge on any atom is -0.465 e. The number of amides is 1. The van der Waals surface area contributed by atoms with E-state index >= 15 is 0 Å². The zero-order valence-corrected chi connectivity index (χ0v) is 12.4. The van der Waals surface area contributed by atoms with Crippen LogP contribution in [0.1, 0.15) is 20.7 Å². The third kappa shape index (κ3) is 3.21. The normalized spacial score (nSPS) is 10.0. The molecule has 1 N–H and O–H groups in total. The van der Waals surface area contributed by atoms with Crippen LogP contribution >= 0.6 is 27.3 Å². The Morgan fingerprint density at radius 1 is 1.32 bits per heavy atom. The van der Waals surface area contributed by atoms with Gasteiger partial charge in [-0.25, -0.2) is 4.79 Å². The lowest BCUT2D eigenvalue weighted by molar-refractivity contribution is 0.0602. The number of ether oxygens (including phenoxy) is 1. The number of methoxy groups -OCH3 is 1. The Morgan fingerprint density at radius 2 is 2.11 bits per heavy atom. The minimum atomic E-state index is -0.467. The fraction of sp³-hybridized carbons (Fsp3) is 0.0769. The molecule has 0 bridgehead atoms. The lowest BCUT2D eigenvalue weighted by Crippen LogP contribution is -2.13. The molecule has 4 nitrogen and oxygen atoms in total. The predicted octanol–water partition coefficient (Wildman–Crippen LogP) is 3.55. The van der Waals surface area contributed by atoms with Gasteiger partial charge in [-0.2, -0.15) is 0 Å². The first-order valence-corrected chi connectivity index (χ1v) is 7.02. The number of carbonyl (C=O) groups is 2. The van der Waals surface area contributed by atoms with Gasteiger partial charge in [0.1, 0.15) is 5.00 Å². The largest absolute Gasteiger partial charge is 0.465 e. The molecule has 0 aliphatic carbocycles. The Hall–Kier alpha value is -1.66. The number of esters is 1. The van der Waals surface area contributed by atoms with Crippen LogP contribution in [0.4, 0.5) is 5.00 Å². The molecule has 0 aliphatic rings. The van der Waals surface area contributed by atoms with Crippen molar-refractivity contribution in [2.75, 3.05) is 12.4 Å². The third-order valence-electron chi connectivity index (χ3n) is 2.38. The Morgan fingerprint density at radius 3 is 2.79 bits per heavy atom. The number of rotatable bonds is 3. The molecule has 0 unspecified atom stereocenters. The molecule has 1 aromatic heterocycles. The van der Waals surface area contributed by atoms with Crippen LogP contribution in [0, 0.1) is 0 Å². The summed E-state index contributed by atoms with van der Waals surface area (Å²) in [7, 11) is 1.31. The smallest absolute Gasteiger partial charge is 0.340 e. The molecule has 0 aliphatic heterocycles. The maximum Gasteiger partial charge on any atom is 0.340 e. The zero-order valence-electron chi connectivity index (χ0n) is 9.98. The van der Waals surface area contributed by atoms with Crippen LogP contribution in [-0.4, -0.2) is 19.0 Å². The number of thiophene rings is 1. The Labute approximate surface area is 122 Å². The predicted molar refractivity (Wildman–Crippen MR) is 77.8 cm³/mol. The standard InChI is InChI=1S/C13H10BrNO3S/c1-18-13(17)10-5-6-19-12(10)15-11(16)8-3-2-4-9(14)7-8/h2-7H,1H3,(H,15,16). The maximum atomic E-state index is 12.1. The van der Waals surface area contributed by atoms with Crippen LogP contribution in [-0.2, 0) is 4.74 Å². The van der Waals surface area contributed by atoms with E-state index in [4.69, 9.17) is 0 Å². The van der Waals surface area contributed by atoms with Crippen LogP contribution in [0.5, 0.6) is 0 Å². The molecule has 0 fully saturated rings. The number of hydrogen-bond acceptors (Lipinski definition) is 4. The van der Waals surface area contributed by atoms with Gasteiger partial charge in [-0.3, -0.25) is 4.79 Å². The van der Waals surface area contributed by atoms with Gasteiger partial charge in [-0.15, -0.1) is 11.3 Å². The van der Waals surface area contributed by atoms with E-state index in [0.29, 0.717) is 16.1 Å². The number of anilines is 1. The number of nitrogens with one attached hydrogen (secondary N) is 1. The highest BCUT2D eigenvalue weighted by Gasteiger charge is 2.16. The third-order valence-corrected chi connectivity index (χ3v) is 3.71. The molecule has 2 rings (SSSR count). The van der Waals surface area contributed by atoms with Gasteiger partial charge in [0.15, 0.2) is 0 Å². The molecule has 6 heteroatoms. The second-order valence-corrected chi connectivity index (χ2v) is 5.45. The highest BCUT2D eigenvalue weighted by molar-refractivity contribution is 9.10. The van der Waals surface area contributed by atoms with Gasteiger partial charge < -0.3 is 10.1 Å². The van der Waals surface area contributed by atoms with E-state index in [1.807, 2.05) is 6.07 Å². The van der Waals surface area contributed by atoms with E-state index in [0.717, 1.165) is 4.47 Å². The average Bonchev–Trinajstić information content (AvgIpc) is 2.86. The van der Waals surface area contributed by atoms with Gasteiger partial charge in [-0.1, -0.05) is 22.0 Å². The van der Waals surface area contributed by atoms with Crippen molar-refractivity contribution in [2.45, 2.75) is 0 Å². The maximum absolute atomic E-state index is 12.1. The van der Waals surface area contributed by atoms with Crippen molar-refractivity contribution < 1.29 is 14.3 Å². The molecule has 0 atom stereocenters. The molecular weight excluding hydrogens is 330 g/mol. The van der Waals surface area contributed by atoms with Crippen LogP contribution < -0.4 is 5.32 Å². The van der Waals surface area contributed by atoms with Crippen LogP contribution in [0.25, 0.3) is 0 Å². The van der Waals surface area contributed by atoms with Gasteiger partial charge in [0.05, 0.1) is 12.7 Å². The topological polar surface area (TPSA) is 55.4 Å². The van der Waals surface area contributed by atoms with Crippen molar-refractivity contribution in [1.29, 1.82) is 0 Å². The molecular formula is C13H10BrNO3S. The second kappa shape index (κ2) is 5.99. The van der Waals surface area contributed by atoms with Crippen molar-refractivity contribution >= 4 is 44.1 Å². The van der Waals surface area contributed by atoms with Crippen molar-refractivity contribution in [1.82, 2.24) is 0 Å². The van der Waals surface area contributed by atoms with Crippen molar-refractivity contribution in [3.05, 3.63) is 51.3 Å².